The third kappa shape index (κ3) is 15.9. The van der Waals surface area contributed by atoms with Crippen molar-refractivity contribution in [3.8, 4) is 0 Å². The highest BCUT2D eigenvalue weighted by molar-refractivity contribution is 6.58. The first kappa shape index (κ1) is 55.7. The van der Waals surface area contributed by atoms with Gasteiger partial charge in [-0.15, -0.1) is 0 Å². The number of hydrogen-bond acceptors (Lipinski definition) is 11. The number of alkyl carbamates (subject to hydrolysis) is 1. The molecule has 0 saturated carbocycles. The van der Waals surface area contributed by atoms with Crippen LogP contribution in [0.2, 0.25) is 0 Å². The summed E-state index contributed by atoms with van der Waals surface area (Å²) >= 11 is 0. The summed E-state index contributed by atoms with van der Waals surface area (Å²) < 4.78 is 62.3. The molecule has 2 saturated heterocycles. The van der Waals surface area contributed by atoms with Gasteiger partial charge in [-0.05, 0) is 114 Å². The maximum atomic E-state index is 15.6. The molecule has 4 aliphatic rings. The van der Waals surface area contributed by atoms with Crippen LogP contribution < -0.4 is 10.6 Å². The number of amides is 2. The van der Waals surface area contributed by atoms with Gasteiger partial charge in [0.05, 0.1) is 62.9 Å². The highest BCUT2D eigenvalue weighted by Crippen LogP contribution is 2.37. The molecule has 0 aliphatic carbocycles. The number of aromatic nitrogens is 1. The zero-order valence-electron chi connectivity index (χ0n) is 42.1. The van der Waals surface area contributed by atoms with E-state index in [1.165, 1.54) is 0 Å². The number of allylic oxidation sites excluding steroid dienone is 5. The van der Waals surface area contributed by atoms with E-state index in [1.54, 1.807) is 38.1 Å². The van der Waals surface area contributed by atoms with Crippen LogP contribution in [-0.4, -0.2) is 137 Å². The molecule has 5 heterocycles. The van der Waals surface area contributed by atoms with E-state index in [9.17, 15) is 29.7 Å². The number of rotatable bonds is 23. The Balaban J connectivity index is 0.955. The number of cyclic esters (lactones) is 1. The van der Waals surface area contributed by atoms with Crippen LogP contribution in [0.25, 0.3) is 6.08 Å². The van der Waals surface area contributed by atoms with Crippen LogP contribution in [0, 0.1) is 31.6 Å². The zero-order chi connectivity index (χ0) is 50.5. The first-order chi connectivity index (χ1) is 32.7. The zero-order valence-corrected chi connectivity index (χ0v) is 42.1. The number of unbranched alkanes of at least 4 members (excludes halogenated alkanes) is 1. The van der Waals surface area contributed by atoms with Gasteiger partial charge in [0.25, 0.3) is 0 Å². The largest absolute Gasteiger partial charge is 0.737 e. The lowest BCUT2D eigenvalue weighted by atomic mass is 9.85. The van der Waals surface area contributed by atoms with Crippen molar-refractivity contribution in [1.82, 2.24) is 15.1 Å². The van der Waals surface area contributed by atoms with E-state index in [-0.39, 0.29) is 107 Å². The number of hydrogen-bond donors (Lipinski definition) is 5. The standard InChI is InChI=1S/C51H79BF2N4O11/c1-9-43(60)38(7)49-44(67-49)29-33(2)13-12-14-34(3)48-35(4)17-20-45(51(8,64)22-21-41(59)32-47(62)69-48)68-50(63)56-24-26-66-28-27-65-25-23-55-46(61)16-11-10-15-39-18-19-40-31-42-36(5)30-37(6)57(42)52(53,54)58(39)40/h12-14,18-19,30-31,33,35,38,41,43-45,48-49,59-60,64H,9-11,15-17,20-29,32H2,1-8H3,(H,55,61)(H,56,63)/b13-12+,34-14+/t33-,35+,38-,41-,43+,44-,45+,48-,49-,51-/m1/s1. The van der Waals surface area contributed by atoms with Crippen molar-refractivity contribution in [3.63, 3.8) is 0 Å². The number of carbonyl (C=O) groups is 3. The molecule has 0 aromatic carbocycles. The fraction of sp³-hybridized carbons (Fsp3) is 0.686. The Morgan fingerprint density at radius 2 is 1.78 bits per heavy atom. The number of nitrogens with zero attached hydrogens (tertiary/aromatic N) is 2. The van der Waals surface area contributed by atoms with Crippen molar-refractivity contribution in [3.05, 3.63) is 64.7 Å². The van der Waals surface area contributed by atoms with Crippen molar-refractivity contribution >= 4 is 36.7 Å². The number of fused-ring (bicyclic) bond motifs is 2. The number of aryl methyl sites for hydroxylation is 2. The lowest BCUT2D eigenvalue weighted by Gasteiger charge is -2.35. The van der Waals surface area contributed by atoms with Crippen LogP contribution in [0.5, 0.6) is 0 Å². The SMILES string of the molecule is CC[C@H](O)[C@@H](C)[C@H]1O[C@@H]1C[C@H](C)/C=C/C=C(\C)[C@H]1OC(=O)C[C@H](O)CC[C@@](C)(O)[C@@H](OC(=O)NCCOCCOCCNC(=O)CCCCC2=[N+]3C(=Cc4c(C)cc(C)n4[B-]3(F)F)C=C2)CC[C@@H]1C. The molecule has 2 amide bonds. The minimum absolute atomic E-state index is 0.0694. The second-order valence-electron chi connectivity index (χ2n) is 19.9. The van der Waals surface area contributed by atoms with E-state index in [0.29, 0.717) is 61.4 Å². The predicted molar refractivity (Wildman–Crippen MR) is 261 cm³/mol. The first-order valence-electron chi connectivity index (χ1n) is 25.1. The number of aliphatic hydroxyl groups excluding tert-OH is 2. The Hall–Kier alpha value is -4.20. The summed E-state index contributed by atoms with van der Waals surface area (Å²) in [7, 11) is 0. The van der Waals surface area contributed by atoms with E-state index >= 15 is 8.63 Å². The fourth-order valence-corrected chi connectivity index (χ4v) is 9.72. The van der Waals surface area contributed by atoms with Crippen LogP contribution in [-0.2, 0) is 33.3 Å². The van der Waals surface area contributed by atoms with Gasteiger partial charge in [-0.3, -0.25) is 9.59 Å². The second-order valence-corrected chi connectivity index (χ2v) is 19.9. The maximum Gasteiger partial charge on any atom is 0.737 e. The van der Waals surface area contributed by atoms with Crippen LogP contribution in [0.1, 0.15) is 129 Å². The number of esters is 1. The van der Waals surface area contributed by atoms with Crippen molar-refractivity contribution in [1.29, 1.82) is 0 Å². The number of halogens is 2. The fourth-order valence-electron chi connectivity index (χ4n) is 9.72. The molecule has 18 heteroatoms. The number of ether oxygens (including phenoxy) is 5. The normalized spacial score (nSPS) is 27.3. The maximum absolute atomic E-state index is 15.6. The number of aliphatic hydroxyl groups is 3. The highest BCUT2D eigenvalue weighted by Gasteiger charge is 2.52. The number of carbonyl (C=O) groups excluding carboxylic acids is 3. The van der Waals surface area contributed by atoms with E-state index in [0.717, 1.165) is 26.5 Å². The van der Waals surface area contributed by atoms with Gasteiger partial charge >= 0.3 is 19.0 Å². The molecule has 0 unspecified atom stereocenters. The molecule has 10 atom stereocenters. The molecular weight excluding hydrogens is 893 g/mol. The third-order valence-corrected chi connectivity index (χ3v) is 14.0. The van der Waals surface area contributed by atoms with Gasteiger partial charge < -0.3 is 67.2 Å². The lowest BCUT2D eigenvalue weighted by Crippen LogP contribution is -2.50. The summed E-state index contributed by atoms with van der Waals surface area (Å²) in [6.45, 7) is 12.5. The minimum Gasteiger partial charge on any atom is -0.457 e. The Morgan fingerprint density at radius 3 is 2.49 bits per heavy atom. The highest BCUT2D eigenvalue weighted by atomic mass is 19.2. The molecular formula is C51H79BF2N4O11. The molecule has 5 rings (SSSR count). The summed E-state index contributed by atoms with van der Waals surface area (Å²) in [4.78, 5) is 38.3. The van der Waals surface area contributed by atoms with Crippen LogP contribution in [0.4, 0.5) is 13.4 Å². The Bertz CT molecular complexity index is 2070. The molecule has 1 aromatic heterocycles. The molecule has 0 bridgehead atoms. The van der Waals surface area contributed by atoms with E-state index in [1.807, 2.05) is 46.8 Å². The second kappa shape index (κ2) is 25.8. The van der Waals surface area contributed by atoms with E-state index in [2.05, 4.69) is 23.6 Å². The Labute approximate surface area is 407 Å². The number of epoxide rings is 1. The average molecular weight is 973 g/mol. The van der Waals surface area contributed by atoms with E-state index < -0.39 is 42.9 Å². The Morgan fingerprint density at radius 1 is 1.07 bits per heavy atom. The average Bonchev–Trinajstić information content (AvgIpc) is 3.81. The lowest BCUT2D eigenvalue weighted by molar-refractivity contribution is -0.362. The molecule has 5 N–H and O–H groups in total. The van der Waals surface area contributed by atoms with Crippen molar-refractivity contribution in [2.24, 2.45) is 17.8 Å². The molecule has 386 valence electrons. The van der Waals surface area contributed by atoms with Crippen LogP contribution >= 0.6 is 0 Å². The van der Waals surface area contributed by atoms with Gasteiger partial charge in [-0.1, -0.05) is 45.9 Å². The minimum atomic E-state index is -4.00. The van der Waals surface area contributed by atoms with Gasteiger partial charge in [0.1, 0.15) is 17.9 Å². The molecule has 69 heavy (non-hydrogen) atoms. The molecule has 1 aromatic rings. The van der Waals surface area contributed by atoms with Gasteiger partial charge in [-0.2, -0.15) is 0 Å². The van der Waals surface area contributed by atoms with Gasteiger partial charge in [-0.25, -0.2) is 4.79 Å². The molecule has 2 fully saturated rings. The van der Waals surface area contributed by atoms with Crippen LogP contribution in [0.15, 0.2) is 47.7 Å². The monoisotopic (exact) mass is 973 g/mol. The topological polar surface area (TPSA) is 193 Å². The smallest absolute Gasteiger partial charge is 0.457 e. The Kier molecular flexibility index (Phi) is 20.8. The number of nitrogens with one attached hydrogen (secondary N) is 2. The van der Waals surface area contributed by atoms with E-state index in [4.69, 9.17) is 23.7 Å². The predicted octanol–water partition coefficient (Wildman–Crippen LogP) is 6.84. The van der Waals surface area contributed by atoms with Crippen molar-refractivity contribution in [2.45, 2.75) is 168 Å². The molecule has 0 spiro atoms. The molecule has 15 nitrogen and oxygen atoms in total. The molecule has 4 aliphatic heterocycles. The van der Waals surface area contributed by atoms with Crippen molar-refractivity contribution in [2.75, 3.05) is 39.5 Å². The summed E-state index contributed by atoms with van der Waals surface area (Å²) in [6, 6.07) is 1.78. The summed E-state index contributed by atoms with van der Waals surface area (Å²) in [5, 5.41) is 37.9. The molecule has 0 radical (unpaired) electrons. The quantitative estimate of drug-likeness (QED) is 0.0254. The van der Waals surface area contributed by atoms with Gasteiger partial charge in [0.2, 0.25) is 5.91 Å². The van der Waals surface area contributed by atoms with Crippen molar-refractivity contribution < 1.29 is 66.5 Å². The summed E-state index contributed by atoms with van der Waals surface area (Å²) in [6.07, 6.45) is 11.8. The van der Waals surface area contributed by atoms with Crippen LogP contribution in [0.3, 0.4) is 0 Å². The third-order valence-electron chi connectivity index (χ3n) is 14.0. The van der Waals surface area contributed by atoms with Gasteiger partial charge in [0.15, 0.2) is 5.70 Å². The summed E-state index contributed by atoms with van der Waals surface area (Å²) in [5.41, 5.74) is 2.28. The summed E-state index contributed by atoms with van der Waals surface area (Å²) in [5.74, 6) is -0.562. The van der Waals surface area contributed by atoms with Gasteiger partial charge in [0, 0.05) is 55.8 Å². The first-order valence-corrected chi connectivity index (χ1v) is 25.1.